The van der Waals surface area contributed by atoms with E-state index in [0.29, 0.717) is 55.5 Å². The van der Waals surface area contributed by atoms with Crippen molar-refractivity contribution in [2.45, 2.75) is 84.6 Å². The molecule has 4 N–H and O–H groups in total. The third-order valence-electron chi connectivity index (χ3n) is 12.1. The molecule has 3 aliphatic rings. The molecule has 17 heteroatoms. The van der Waals surface area contributed by atoms with Crippen LogP contribution in [0.3, 0.4) is 0 Å². The first-order valence-electron chi connectivity index (χ1n) is 20.5. The summed E-state index contributed by atoms with van der Waals surface area (Å²) in [6.45, 7) is 12.2. The van der Waals surface area contributed by atoms with Gasteiger partial charge in [-0.15, -0.1) is 0 Å². The SMILES string of the molecule is COC(O)N[C@H](C(=O)N1CCC[C@H]1c1ncc(-c2ccc(-c3cc(Cl)c(NC(=O)c4ccc(N5CCN(C(=O)[C@H]6CC6(C)C)C[C@H]5C)nc4)cc3C(F)(F)F)cc2)[nH]1)C(C)C. The van der Waals surface area contributed by atoms with Crippen molar-refractivity contribution in [3.05, 3.63) is 82.9 Å². The van der Waals surface area contributed by atoms with E-state index in [9.17, 15) is 32.7 Å². The molecular weight excluding hydrogens is 813 g/mol. The highest BCUT2D eigenvalue weighted by Gasteiger charge is 2.52. The van der Waals surface area contributed by atoms with E-state index in [0.717, 1.165) is 18.9 Å². The van der Waals surface area contributed by atoms with Gasteiger partial charge in [0.1, 0.15) is 11.6 Å². The van der Waals surface area contributed by atoms with E-state index < -0.39 is 30.1 Å². The second-order valence-corrected chi connectivity index (χ2v) is 17.6. The van der Waals surface area contributed by atoms with Crippen molar-refractivity contribution in [1.29, 1.82) is 0 Å². The van der Waals surface area contributed by atoms with Crippen LogP contribution in [0.4, 0.5) is 24.7 Å². The van der Waals surface area contributed by atoms with Gasteiger partial charge < -0.3 is 34.8 Å². The molecule has 0 radical (unpaired) electrons. The number of carbonyl (C=O) groups is 3. The number of anilines is 2. The number of nitrogens with zero attached hydrogens (tertiary/aromatic N) is 5. The monoisotopic (exact) mass is 864 g/mol. The zero-order valence-electron chi connectivity index (χ0n) is 35.0. The summed E-state index contributed by atoms with van der Waals surface area (Å²) in [6.07, 6.45) is -0.745. The van der Waals surface area contributed by atoms with Crippen LogP contribution in [-0.2, 0) is 20.5 Å². The summed E-state index contributed by atoms with van der Waals surface area (Å²) >= 11 is 6.55. The number of piperazine rings is 1. The number of nitrogens with one attached hydrogen (secondary N) is 3. The number of imidazole rings is 1. The molecule has 3 fully saturated rings. The van der Waals surface area contributed by atoms with Gasteiger partial charge in [-0.25, -0.2) is 9.97 Å². The van der Waals surface area contributed by atoms with Crippen LogP contribution in [0.1, 0.15) is 81.7 Å². The Morgan fingerprint density at radius 1 is 1.02 bits per heavy atom. The molecular formula is C44H52ClF3N8O5. The largest absolute Gasteiger partial charge is 0.417 e. The molecule has 7 rings (SSSR count). The number of carbonyl (C=O) groups excluding carboxylic acids is 3. The van der Waals surface area contributed by atoms with Crippen LogP contribution in [0.25, 0.3) is 22.4 Å². The van der Waals surface area contributed by atoms with Crippen LogP contribution in [0.15, 0.2) is 60.9 Å². The van der Waals surface area contributed by atoms with E-state index in [1.165, 1.54) is 19.4 Å². The summed E-state index contributed by atoms with van der Waals surface area (Å²) in [5.41, 5.74) is 0.376. The number of hydrogen-bond donors (Lipinski definition) is 4. The summed E-state index contributed by atoms with van der Waals surface area (Å²) in [6, 6.07) is 10.7. The normalized spacial score (nSPS) is 21.1. The highest BCUT2D eigenvalue weighted by atomic mass is 35.5. The summed E-state index contributed by atoms with van der Waals surface area (Å²) in [5, 5.41) is 15.3. The fraction of sp³-hybridized carbons (Fsp3) is 0.477. The van der Waals surface area contributed by atoms with Crippen molar-refractivity contribution >= 4 is 40.8 Å². The predicted molar refractivity (Wildman–Crippen MR) is 225 cm³/mol. The summed E-state index contributed by atoms with van der Waals surface area (Å²) < 4.78 is 48.7. The average Bonchev–Trinajstić information content (AvgIpc) is 3.56. The van der Waals surface area contributed by atoms with Crippen molar-refractivity contribution in [3.8, 4) is 22.4 Å². The first kappa shape index (κ1) is 44.0. The van der Waals surface area contributed by atoms with Gasteiger partial charge in [-0.3, -0.25) is 19.7 Å². The van der Waals surface area contributed by atoms with Gasteiger partial charge in [-0.1, -0.05) is 63.6 Å². The molecule has 0 bridgehead atoms. The van der Waals surface area contributed by atoms with Gasteiger partial charge in [-0.2, -0.15) is 13.2 Å². The van der Waals surface area contributed by atoms with Crippen LogP contribution in [0.2, 0.25) is 5.02 Å². The van der Waals surface area contributed by atoms with Crippen molar-refractivity contribution in [3.63, 3.8) is 0 Å². The van der Waals surface area contributed by atoms with Crippen LogP contribution in [0.5, 0.6) is 0 Å². The zero-order chi connectivity index (χ0) is 44.0. The minimum Gasteiger partial charge on any atom is -0.356 e. The average molecular weight is 865 g/mol. The number of amides is 3. The molecule has 2 aromatic heterocycles. The maximum Gasteiger partial charge on any atom is 0.417 e. The highest BCUT2D eigenvalue weighted by molar-refractivity contribution is 6.34. The van der Waals surface area contributed by atoms with E-state index in [-0.39, 0.29) is 68.5 Å². The van der Waals surface area contributed by atoms with E-state index in [2.05, 4.69) is 44.3 Å². The highest BCUT2D eigenvalue weighted by Crippen LogP contribution is 2.52. The number of hydrogen-bond acceptors (Lipinski definition) is 9. The van der Waals surface area contributed by atoms with Gasteiger partial charge in [0.15, 0.2) is 0 Å². The molecule has 4 aromatic rings. The van der Waals surface area contributed by atoms with Crippen molar-refractivity contribution < 1.29 is 37.4 Å². The van der Waals surface area contributed by atoms with Crippen molar-refractivity contribution in [1.82, 2.24) is 30.1 Å². The lowest BCUT2D eigenvalue weighted by Crippen LogP contribution is -2.54. The Labute approximate surface area is 358 Å². The third-order valence-corrected chi connectivity index (χ3v) is 12.5. The number of methoxy groups -OCH3 is 1. The Bertz CT molecular complexity index is 2250. The lowest BCUT2D eigenvalue weighted by molar-refractivity contribution is -0.145. The number of rotatable bonds is 12. The molecule has 2 saturated heterocycles. The van der Waals surface area contributed by atoms with E-state index in [1.807, 2.05) is 25.7 Å². The second kappa shape index (κ2) is 17.4. The number of H-pyrrole nitrogens is 1. The van der Waals surface area contributed by atoms with Gasteiger partial charge in [0.25, 0.3) is 5.91 Å². The lowest BCUT2D eigenvalue weighted by atomic mass is 9.97. The molecule has 2 aliphatic heterocycles. The van der Waals surface area contributed by atoms with Crippen LogP contribution >= 0.6 is 11.6 Å². The van der Waals surface area contributed by atoms with Crippen molar-refractivity contribution in [2.24, 2.45) is 17.3 Å². The fourth-order valence-electron chi connectivity index (χ4n) is 8.38. The van der Waals surface area contributed by atoms with Gasteiger partial charge in [-0.05, 0) is 78.5 Å². The van der Waals surface area contributed by atoms with Crippen LogP contribution in [0, 0.1) is 17.3 Å². The van der Waals surface area contributed by atoms with E-state index in [1.54, 1.807) is 47.5 Å². The molecule has 5 atom stereocenters. The number of alkyl halides is 3. The number of likely N-dealkylation sites (tertiary alicyclic amines) is 1. The molecule has 0 spiro atoms. The summed E-state index contributed by atoms with van der Waals surface area (Å²) in [5.74, 6) is 0.470. The molecule has 3 amide bonds. The molecule has 2 aromatic carbocycles. The minimum absolute atomic E-state index is 0.00367. The molecule has 1 unspecified atom stereocenters. The van der Waals surface area contributed by atoms with Crippen molar-refractivity contribution in [2.75, 3.05) is 43.5 Å². The van der Waals surface area contributed by atoms with Crippen LogP contribution < -0.4 is 15.5 Å². The first-order chi connectivity index (χ1) is 28.9. The van der Waals surface area contributed by atoms with Gasteiger partial charge in [0.2, 0.25) is 18.2 Å². The fourth-order valence-corrected chi connectivity index (χ4v) is 8.59. The summed E-state index contributed by atoms with van der Waals surface area (Å²) in [4.78, 5) is 57.9. The molecule has 13 nitrogen and oxygen atoms in total. The zero-order valence-corrected chi connectivity index (χ0v) is 35.8. The number of aromatic nitrogens is 3. The molecule has 1 aliphatic carbocycles. The lowest BCUT2D eigenvalue weighted by Gasteiger charge is -2.40. The minimum atomic E-state index is -4.78. The number of aliphatic hydroxyl groups excluding tert-OH is 1. The Hall–Kier alpha value is -5.03. The molecule has 61 heavy (non-hydrogen) atoms. The van der Waals surface area contributed by atoms with E-state index >= 15 is 0 Å². The van der Waals surface area contributed by atoms with Gasteiger partial charge in [0, 0.05) is 51.4 Å². The predicted octanol–water partition coefficient (Wildman–Crippen LogP) is 7.35. The third kappa shape index (κ3) is 9.42. The van der Waals surface area contributed by atoms with Crippen LogP contribution in [-0.4, -0.2) is 99.4 Å². The maximum atomic E-state index is 14.6. The number of pyridine rings is 1. The smallest absolute Gasteiger partial charge is 0.356 e. The maximum absolute atomic E-state index is 14.6. The Balaban J connectivity index is 1.02. The first-order valence-corrected chi connectivity index (χ1v) is 20.9. The van der Waals surface area contributed by atoms with Gasteiger partial charge >= 0.3 is 6.18 Å². The molecule has 326 valence electrons. The Morgan fingerprint density at radius 2 is 1.72 bits per heavy atom. The quantitative estimate of drug-likeness (QED) is 0.107. The number of aromatic amines is 1. The Morgan fingerprint density at radius 3 is 2.33 bits per heavy atom. The topological polar surface area (TPSA) is 156 Å². The Kier molecular flexibility index (Phi) is 12.6. The van der Waals surface area contributed by atoms with Gasteiger partial charge in [0.05, 0.1) is 45.8 Å². The standard InChI is InChI=1S/C44H52ClF3N8O5/c1-24(2)37(53-42(60)61-6)41(59)56-15-7-8-35(56)38-50-22-34(51-38)27-11-9-26(10-12-27)29-18-32(45)33(19-30(29)44(46,47)48)52-39(57)28-13-14-36(49-21-28)55-17-16-54(23-25(55)3)40(58)31-20-43(31,4)5/h9-14,18-19,21-22,24-25,31,35,37,42,53,60H,7-8,15-17,20,23H2,1-6H3,(H,50,51)(H,52,57)/t25-,31-,35+,37+,42?/m1/s1. The van der Waals surface area contributed by atoms with E-state index in [4.69, 9.17) is 16.3 Å². The number of halogens is 4. The molecule has 1 saturated carbocycles. The molecule has 4 heterocycles. The number of benzene rings is 2. The summed E-state index contributed by atoms with van der Waals surface area (Å²) in [7, 11) is 1.34. The second-order valence-electron chi connectivity index (χ2n) is 17.2. The number of ether oxygens (including phenoxy) is 1. The number of aliphatic hydroxyl groups is 1.